The Labute approximate surface area is 117 Å². The van der Waals surface area contributed by atoms with E-state index in [4.69, 9.17) is 0 Å². The van der Waals surface area contributed by atoms with Crippen molar-refractivity contribution in [3.8, 4) is 0 Å². The SMILES string of the molecule is CCCCC(CC)CC(NCC)c1cscc1C. The summed E-state index contributed by atoms with van der Waals surface area (Å²) < 4.78 is 0. The van der Waals surface area contributed by atoms with Crippen LogP contribution in [-0.4, -0.2) is 6.54 Å². The van der Waals surface area contributed by atoms with E-state index < -0.39 is 0 Å². The molecule has 0 bridgehead atoms. The van der Waals surface area contributed by atoms with Crippen molar-refractivity contribution in [2.45, 2.75) is 65.8 Å². The van der Waals surface area contributed by atoms with Gasteiger partial charge in [0.15, 0.2) is 0 Å². The Bertz CT molecular complexity index is 319. The van der Waals surface area contributed by atoms with Crippen LogP contribution in [0, 0.1) is 12.8 Å². The number of aryl methyl sites for hydroxylation is 1. The molecule has 0 saturated heterocycles. The van der Waals surface area contributed by atoms with Gasteiger partial charge in [0, 0.05) is 6.04 Å². The van der Waals surface area contributed by atoms with Gasteiger partial charge in [-0.25, -0.2) is 0 Å². The van der Waals surface area contributed by atoms with Gasteiger partial charge < -0.3 is 5.32 Å². The van der Waals surface area contributed by atoms with Crippen molar-refractivity contribution < 1.29 is 0 Å². The highest BCUT2D eigenvalue weighted by Crippen LogP contribution is 2.30. The summed E-state index contributed by atoms with van der Waals surface area (Å²) in [5, 5.41) is 8.27. The lowest BCUT2D eigenvalue weighted by molar-refractivity contribution is 0.357. The third-order valence-electron chi connectivity index (χ3n) is 3.83. The molecular weight excluding hydrogens is 238 g/mol. The maximum absolute atomic E-state index is 3.67. The minimum absolute atomic E-state index is 0.558. The molecule has 1 nitrogen and oxygen atoms in total. The zero-order chi connectivity index (χ0) is 13.4. The quantitative estimate of drug-likeness (QED) is 0.639. The fourth-order valence-corrected chi connectivity index (χ4v) is 3.51. The summed E-state index contributed by atoms with van der Waals surface area (Å²) in [5.41, 5.74) is 2.98. The highest BCUT2D eigenvalue weighted by molar-refractivity contribution is 7.08. The van der Waals surface area contributed by atoms with Crippen LogP contribution in [0.25, 0.3) is 0 Å². The van der Waals surface area contributed by atoms with Gasteiger partial charge in [0.25, 0.3) is 0 Å². The first kappa shape index (κ1) is 15.7. The van der Waals surface area contributed by atoms with Crippen LogP contribution in [0.15, 0.2) is 10.8 Å². The minimum Gasteiger partial charge on any atom is -0.310 e. The summed E-state index contributed by atoms with van der Waals surface area (Å²) in [5.74, 6) is 0.869. The van der Waals surface area contributed by atoms with Crippen LogP contribution < -0.4 is 5.32 Å². The normalized spacial score (nSPS) is 14.7. The van der Waals surface area contributed by atoms with Crippen molar-refractivity contribution in [2.24, 2.45) is 5.92 Å². The zero-order valence-corrected chi connectivity index (χ0v) is 13.3. The molecule has 104 valence electrons. The second-order valence-electron chi connectivity index (χ2n) is 5.27. The Morgan fingerprint density at radius 1 is 1.22 bits per heavy atom. The molecule has 1 heterocycles. The molecule has 0 aliphatic carbocycles. The molecular formula is C16H29NS. The van der Waals surface area contributed by atoms with E-state index in [0.29, 0.717) is 6.04 Å². The molecule has 1 aromatic heterocycles. The average molecular weight is 267 g/mol. The Balaban J connectivity index is 2.64. The Morgan fingerprint density at radius 3 is 2.50 bits per heavy atom. The van der Waals surface area contributed by atoms with E-state index in [1.54, 1.807) is 0 Å². The molecule has 2 heteroatoms. The van der Waals surface area contributed by atoms with Gasteiger partial charge in [-0.3, -0.25) is 0 Å². The predicted molar refractivity (Wildman–Crippen MR) is 83.4 cm³/mol. The maximum Gasteiger partial charge on any atom is 0.0333 e. The molecule has 2 unspecified atom stereocenters. The second-order valence-corrected chi connectivity index (χ2v) is 6.02. The van der Waals surface area contributed by atoms with E-state index in [1.807, 2.05) is 11.3 Å². The van der Waals surface area contributed by atoms with Gasteiger partial charge in [0.1, 0.15) is 0 Å². The third kappa shape index (κ3) is 4.74. The molecule has 0 spiro atoms. The molecule has 1 rings (SSSR count). The number of nitrogens with one attached hydrogen (secondary N) is 1. The van der Waals surface area contributed by atoms with Crippen LogP contribution in [0.1, 0.15) is 70.0 Å². The molecule has 0 aliphatic rings. The number of unbranched alkanes of at least 4 members (excludes halogenated alkanes) is 1. The second kappa shape index (κ2) is 8.71. The molecule has 18 heavy (non-hydrogen) atoms. The van der Waals surface area contributed by atoms with Gasteiger partial charge in [-0.1, -0.05) is 46.5 Å². The zero-order valence-electron chi connectivity index (χ0n) is 12.5. The van der Waals surface area contributed by atoms with Crippen molar-refractivity contribution in [3.63, 3.8) is 0 Å². The summed E-state index contributed by atoms with van der Waals surface area (Å²) in [7, 11) is 0. The minimum atomic E-state index is 0.558. The van der Waals surface area contributed by atoms with Crippen molar-refractivity contribution >= 4 is 11.3 Å². The monoisotopic (exact) mass is 267 g/mol. The van der Waals surface area contributed by atoms with Crippen LogP contribution in [0.3, 0.4) is 0 Å². The predicted octanol–water partition coefficient (Wildman–Crippen LogP) is 5.31. The van der Waals surface area contributed by atoms with E-state index in [2.05, 4.69) is 43.8 Å². The van der Waals surface area contributed by atoms with Crippen molar-refractivity contribution in [3.05, 3.63) is 21.9 Å². The van der Waals surface area contributed by atoms with Crippen LogP contribution in [0.4, 0.5) is 0 Å². The molecule has 0 aromatic carbocycles. The van der Waals surface area contributed by atoms with Crippen LogP contribution in [-0.2, 0) is 0 Å². The molecule has 0 fully saturated rings. The van der Waals surface area contributed by atoms with Crippen molar-refractivity contribution in [2.75, 3.05) is 6.54 Å². The Kier molecular flexibility index (Phi) is 7.60. The number of hydrogen-bond acceptors (Lipinski definition) is 2. The largest absolute Gasteiger partial charge is 0.310 e. The first-order valence-electron chi connectivity index (χ1n) is 7.48. The Hall–Kier alpha value is -0.340. The molecule has 0 aliphatic heterocycles. The van der Waals surface area contributed by atoms with Crippen LogP contribution in [0.2, 0.25) is 0 Å². The number of hydrogen-bond donors (Lipinski definition) is 1. The highest BCUT2D eigenvalue weighted by atomic mass is 32.1. The van der Waals surface area contributed by atoms with Gasteiger partial charge in [-0.2, -0.15) is 11.3 Å². The molecule has 1 N–H and O–H groups in total. The van der Waals surface area contributed by atoms with E-state index in [-0.39, 0.29) is 0 Å². The first-order chi connectivity index (χ1) is 8.72. The fourth-order valence-electron chi connectivity index (χ4n) is 2.61. The van der Waals surface area contributed by atoms with E-state index in [1.165, 1.54) is 43.2 Å². The number of rotatable bonds is 9. The fraction of sp³-hybridized carbons (Fsp3) is 0.750. The first-order valence-corrected chi connectivity index (χ1v) is 8.43. The van der Waals surface area contributed by atoms with E-state index >= 15 is 0 Å². The van der Waals surface area contributed by atoms with Gasteiger partial charge >= 0.3 is 0 Å². The topological polar surface area (TPSA) is 12.0 Å². The summed E-state index contributed by atoms with van der Waals surface area (Å²) in [6, 6.07) is 0.558. The summed E-state index contributed by atoms with van der Waals surface area (Å²) in [6.45, 7) is 10.1. The molecule has 0 saturated carbocycles. The van der Waals surface area contributed by atoms with Gasteiger partial charge in [0.2, 0.25) is 0 Å². The number of thiophene rings is 1. The third-order valence-corrected chi connectivity index (χ3v) is 4.71. The summed E-state index contributed by atoms with van der Waals surface area (Å²) >= 11 is 1.83. The maximum atomic E-state index is 3.67. The lowest BCUT2D eigenvalue weighted by Gasteiger charge is -2.24. The molecule has 0 radical (unpaired) electrons. The van der Waals surface area contributed by atoms with Crippen LogP contribution in [0.5, 0.6) is 0 Å². The molecule has 1 aromatic rings. The van der Waals surface area contributed by atoms with Gasteiger partial charge in [-0.05, 0) is 47.7 Å². The van der Waals surface area contributed by atoms with Crippen molar-refractivity contribution in [1.29, 1.82) is 0 Å². The lowest BCUT2D eigenvalue weighted by atomic mass is 9.89. The average Bonchev–Trinajstić information content (AvgIpc) is 2.79. The van der Waals surface area contributed by atoms with Gasteiger partial charge in [-0.15, -0.1) is 0 Å². The molecule has 2 atom stereocenters. The smallest absolute Gasteiger partial charge is 0.0333 e. The highest BCUT2D eigenvalue weighted by Gasteiger charge is 2.18. The molecule has 0 amide bonds. The van der Waals surface area contributed by atoms with Gasteiger partial charge in [0.05, 0.1) is 0 Å². The van der Waals surface area contributed by atoms with Crippen molar-refractivity contribution in [1.82, 2.24) is 5.32 Å². The summed E-state index contributed by atoms with van der Waals surface area (Å²) in [6.07, 6.45) is 6.69. The standard InChI is InChI=1S/C16H29NS/c1-5-8-9-14(6-2)10-16(17-7-3)15-12-18-11-13(15)4/h11-12,14,16-17H,5-10H2,1-4H3. The Morgan fingerprint density at radius 2 is 2.00 bits per heavy atom. The van der Waals surface area contributed by atoms with Crippen LogP contribution >= 0.6 is 11.3 Å². The van der Waals surface area contributed by atoms with E-state index in [9.17, 15) is 0 Å². The summed E-state index contributed by atoms with van der Waals surface area (Å²) in [4.78, 5) is 0. The van der Waals surface area contributed by atoms with E-state index in [0.717, 1.165) is 12.5 Å². The lowest BCUT2D eigenvalue weighted by Crippen LogP contribution is -2.23.